The van der Waals surface area contributed by atoms with E-state index in [1.54, 1.807) is 7.05 Å². The van der Waals surface area contributed by atoms with Crippen LogP contribution in [0.3, 0.4) is 0 Å². The van der Waals surface area contributed by atoms with Gasteiger partial charge in [0, 0.05) is 20.1 Å². The molecule has 3 N–H and O–H groups in total. The molecule has 1 aliphatic rings. The van der Waals surface area contributed by atoms with E-state index in [0.717, 1.165) is 12.8 Å². The number of amides is 2. The standard InChI is InChI=1S/C11H20N2O4/c1-13(6-7-14)10(17)12-8-11(9(15)16)4-2-3-5-11/h14H,2-8H2,1H3,(H,12,17)(H,15,16). The average Bonchev–Trinajstić information content (AvgIpc) is 2.76. The molecule has 0 aliphatic heterocycles. The summed E-state index contributed by atoms with van der Waals surface area (Å²) in [4.78, 5) is 24.1. The number of nitrogens with zero attached hydrogens (tertiary/aromatic N) is 1. The van der Waals surface area contributed by atoms with Crippen molar-refractivity contribution in [2.45, 2.75) is 25.7 Å². The summed E-state index contributed by atoms with van der Waals surface area (Å²) in [6, 6.07) is -0.341. The van der Waals surface area contributed by atoms with Gasteiger partial charge in [0.1, 0.15) is 0 Å². The van der Waals surface area contributed by atoms with E-state index in [9.17, 15) is 14.7 Å². The molecule has 6 heteroatoms. The summed E-state index contributed by atoms with van der Waals surface area (Å²) in [6.07, 6.45) is 3.03. The first kappa shape index (κ1) is 13.8. The number of hydrogen-bond acceptors (Lipinski definition) is 3. The summed E-state index contributed by atoms with van der Waals surface area (Å²) < 4.78 is 0. The first-order chi connectivity index (χ1) is 8.02. The summed E-state index contributed by atoms with van der Waals surface area (Å²) >= 11 is 0. The van der Waals surface area contributed by atoms with E-state index in [-0.39, 0.29) is 25.7 Å². The molecular weight excluding hydrogens is 224 g/mol. The van der Waals surface area contributed by atoms with E-state index in [0.29, 0.717) is 12.8 Å². The van der Waals surface area contributed by atoms with Gasteiger partial charge >= 0.3 is 12.0 Å². The number of hydrogen-bond donors (Lipinski definition) is 3. The maximum atomic E-state index is 11.6. The number of carbonyl (C=O) groups is 2. The smallest absolute Gasteiger partial charge is 0.317 e. The number of nitrogens with one attached hydrogen (secondary N) is 1. The third kappa shape index (κ3) is 3.33. The van der Waals surface area contributed by atoms with Crippen LogP contribution in [-0.2, 0) is 4.79 Å². The number of rotatable bonds is 5. The van der Waals surface area contributed by atoms with Crippen LogP contribution >= 0.6 is 0 Å². The average molecular weight is 244 g/mol. The fraction of sp³-hybridized carbons (Fsp3) is 0.818. The molecule has 1 saturated carbocycles. The van der Waals surface area contributed by atoms with Crippen molar-refractivity contribution in [2.75, 3.05) is 26.7 Å². The monoisotopic (exact) mass is 244 g/mol. The molecule has 98 valence electrons. The maximum Gasteiger partial charge on any atom is 0.317 e. The molecule has 0 aromatic heterocycles. The Hall–Kier alpha value is -1.30. The lowest BCUT2D eigenvalue weighted by atomic mass is 9.86. The van der Waals surface area contributed by atoms with Crippen LogP contribution in [-0.4, -0.2) is 53.9 Å². The normalized spacial score (nSPS) is 17.8. The van der Waals surface area contributed by atoms with E-state index in [1.165, 1.54) is 4.90 Å². The van der Waals surface area contributed by atoms with Crippen LogP contribution < -0.4 is 5.32 Å². The van der Waals surface area contributed by atoms with Crippen LogP contribution in [0, 0.1) is 5.41 Å². The highest BCUT2D eigenvalue weighted by molar-refractivity contribution is 5.78. The van der Waals surface area contributed by atoms with Gasteiger partial charge in [-0.2, -0.15) is 0 Å². The van der Waals surface area contributed by atoms with Gasteiger partial charge < -0.3 is 20.4 Å². The zero-order valence-electron chi connectivity index (χ0n) is 10.1. The number of urea groups is 1. The minimum absolute atomic E-state index is 0.103. The number of aliphatic hydroxyl groups excluding tert-OH is 1. The molecule has 0 atom stereocenters. The number of aliphatic carboxylic acids is 1. The van der Waals surface area contributed by atoms with Crippen LogP contribution in [0.25, 0.3) is 0 Å². The fourth-order valence-corrected chi connectivity index (χ4v) is 2.15. The first-order valence-corrected chi connectivity index (χ1v) is 5.85. The molecule has 0 spiro atoms. The molecule has 0 radical (unpaired) electrons. The molecular formula is C11H20N2O4. The van der Waals surface area contributed by atoms with Crippen LogP contribution in [0.2, 0.25) is 0 Å². The van der Waals surface area contributed by atoms with E-state index in [1.807, 2.05) is 0 Å². The van der Waals surface area contributed by atoms with Crippen LogP contribution in [0.15, 0.2) is 0 Å². The van der Waals surface area contributed by atoms with Crippen LogP contribution in [0.4, 0.5) is 4.79 Å². The quantitative estimate of drug-likeness (QED) is 0.647. The number of carboxylic acid groups (broad SMARTS) is 1. The number of carboxylic acids is 1. The third-order valence-electron chi connectivity index (χ3n) is 3.37. The zero-order chi connectivity index (χ0) is 12.9. The van der Waals surface area contributed by atoms with Gasteiger partial charge in [-0.3, -0.25) is 4.79 Å². The van der Waals surface area contributed by atoms with Crippen LogP contribution in [0.1, 0.15) is 25.7 Å². The second-order valence-electron chi connectivity index (χ2n) is 4.60. The van der Waals surface area contributed by atoms with Crippen molar-refractivity contribution < 1.29 is 19.8 Å². The van der Waals surface area contributed by atoms with E-state index in [4.69, 9.17) is 5.11 Å². The summed E-state index contributed by atoms with van der Waals surface area (Å²) in [5.74, 6) is -0.833. The number of likely N-dealkylation sites (N-methyl/N-ethyl adjacent to an activating group) is 1. The van der Waals surface area contributed by atoms with Gasteiger partial charge in [0.15, 0.2) is 0 Å². The largest absolute Gasteiger partial charge is 0.481 e. The van der Waals surface area contributed by atoms with Gasteiger partial charge in [-0.05, 0) is 12.8 Å². The molecule has 2 amide bonds. The molecule has 1 aliphatic carbocycles. The molecule has 6 nitrogen and oxygen atoms in total. The second kappa shape index (κ2) is 5.86. The van der Waals surface area contributed by atoms with E-state index >= 15 is 0 Å². The zero-order valence-corrected chi connectivity index (χ0v) is 10.1. The highest BCUT2D eigenvalue weighted by atomic mass is 16.4. The Morgan fingerprint density at radius 1 is 1.35 bits per heavy atom. The van der Waals surface area contributed by atoms with Gasteiger partial charge in [-0.15, -0.1) is 0 Å². The van der Waals surface area contributed by atoms with Crippen molar-refractivity contribution in [2.24, 2.45) is 5.41 Å². The minimum Gasteiger partial charge on any atom is -0.481 e. The Kier molecular flexibility index (Phi) is 4.74. The second-order valence-corrected chi connectivity index (χ2v) is 4.60. The van der Waals surface area contributed by atoms with Gasteiger partial charge in [0.25, 0.3) is 0 Å². The lowest BCUT2D eigenvalue weighted by molar-refractivity contribution is -0.148. The molecule has 0 aromatic carbocycles. The molecule has 0 heterocycles. The van der Waals surface area contributed by atoms with Gasteiger partial charge in [0.2, 0.25) is 0 Å². The predicted octanol–water partition coefficient (Wildman–Crippen LogP) is 0.265. The maximum absolute atomic E-state index is 11.6. The van der Waals surface area contributed by atoms with E-state index in [2.05, 4.69) is 5.32 Å². The minimum atomic E-state index is -0.833. The van der Waals surface area contributed by atoms with Crippen molar-refractivity contribution in [3.8, 4) is 0 Å². The lowest BCUT2D eigenvalue weighted by Crippen LogP contribution is -2.46. The fourth-order valence-electron chi connectivity index (χ4n) is 2.15. The molecule has 0 saturated heterocycles. The van der Waals surface area contributed by atoms with Gasteiger partial charge in [0.05, 0.1) is 12.0 Å². The molecule has 1 fully saturated rings. The molecule has 1 rings (SSSR count). The summed E-state index contributed by atoms with van der Waals surface area (Å²) in [6.45, 7) is 0.302. The SMILES string of the molecule is CN(CCO)C(=O)NCC1(C(=O)O)CCCC1. The molecule has 0 unspecified atom stereocenters. The Morgan fingerprint density at radius 3 is 2.41 bits per heavy atom. The first-order valence-electron chi connectivity index (χ1n) is 5.85. The molecule has 0 aromatic rings. The summed E-state index contributed by atoms with van der Waals surface area (Å²) in [5, 5.41) is 20.5. The molecule has 17 heavy (non-hydrogen) atoms. The summed E-state index contributed by atoms with van der Waals surface area (Å²) in [5.41, 5.74) is -0.796. The van der Waals surface area contributed by atoms with Crippen molar-refractivity contribution in [1.82, 2.24) is 10.2 Å². The van der Waals surface area contributed by atoms with Gasteiger partial charge in [-0.25, -0.2) is 4.79 Å². The van der Waals surface area contributed by atoms with Gasteiger partial charge in [-0.1, -0.05) is 12.8 Å². The highest BCUT2D eigenvalue weighted by Gasteiger charge is 2.41. The Balaban J connectivity index is 2.48. The topological polar surface area (TPSA) is 89.9 Å². The lowest BCUT2D eigenvalue weighted by Gasteiger charge is -2.25. The van der Waals surface area contributed by atoms with Crippen LogP contribution in [0.5, 0.6) is 0 Å². The molecule has 0 bridgehead atoms. The predicted molar refractivity (Wildman–Crippen MR) is 61.7 cm³/mol. The van der Waals surface area contributed by atoms with Crippen molar-refractivity contribution in [3.63, 3.8) is 0 Å². The van der Waals surface area contributed by atoms with Crippen molar-refractivity contribution in [1.29, 1.82) is 0 Å². The van der Waals surface area contributed by atoms with Crippen molar-refractivity contribution in [3.05, 3.63) is 0 Å². The Labute approximate surface area is 101 Å². The number of carbonyl (C=O) groups excluding carboxylic acids is 1. The Bertz CT molecular complexity index is 287. The van der Waals surface area contributed by atoms with E-state index < -0.39 is 11.4 Å². The summed E-state index contributed by atoms with van der Waals surface area (Å²) in [7, 11) is 1.56. The Morgan fingerprint density at radius 2 is 1.94 bits per heavy atom. The highest BCUT2D eigenvalue weighted by Crippen LogP contribution is 2.37. The van der Waals surface area contributed by atoms with Crippen molar-refractivity contribution >= 4 is 12.0 Å². The third-order valence-corrected chi connectivity index (χ3v) is 3.37. The number of aliphatic hydroxyl groups is 1.